The zero-order chi connectivity index (χ0) is 19.6. The Labute approximate surface area is 164 Å². The van der Waals surface area contributed by atoms with Crippen molar-refractivity contribution in [3.8, 4) is 10.7 Å². The summed E-state index contributed by atoms with van der Waals surface area (Å²) in [5.41, 5.74) is 2.31. The number of hydrogen-bond donors (Lipinski definition) is 2. The van der Waals surface area contributed by atoms with E-state index in [0.717, 1.165) is 16.1 Å². The Morgan fingerprint density at radius 3 is 2.67 bits per heavy atom. The highest BCUT2D eigenvalue weighted by Crippen LogP contribution is 2.32. The number of benzene rings is 1. The Balaban J connectivity index is 1.98. The summed E-state index contributed by atoms with van der Waals surface area (Å²) in [4.78, 5) is 20.7. The van der Waals surface area contributed by atoms with Crippen LogP contribution in [0.25, 0.3) is 10.7 Å². The molecule has 0 spiro atoms. The fraction of sp³-hybridized carbons (Fsp3) is 0.211. The Morgan fingerprint density at radius 1 is 1.30 bits per heavy atom. The Kier molecular flexibility index (Phi) is 5.72. The van der Waals surface area contributed by atoms with Crippen molar-refractivity contribution in [2.75, 3.05) is 5.32 Å². The predicted octanol–water partition coefficient (Wildman–Crippen LogP) is 5.24. The van der Waals surface area contributed by atoms with Gasteiger partial charge < -0.3 is 10.4 Å². The molecule has 2 N–H and O–H groups in total. The smallest absolute Gasteiger partial charge is 0.307 e. The van der Waals surface area contributed by atoms with Crippen molar-refractivity contribution in [2.24, 2.45) is 0 Å². The fourth-order valence-corrected chi connectivity index (χ4v) is 3.72. The van der Waals surface area contributed by atoms with Crippen LogP contribution in [0.1, 0.15) is 23.7 Å². The van der Waals surface area contributed by atoms with Gasteiger partial charge in [0.05, 0.1) is 21.3 Å². The van der Waals surface area contributed by atoms with Crippen LogP contribution in [0.3, 0.4) is 0 Å². The van der Waals surface area contributed by atoms with Gasteiger partial charge in [0.2, 0.25) is 0 Å². The number of thiophene rings is 1. The first-order valence-electron chi connectivity index (χ1n) is 8.27. The number of hydrogen-bond acceptors (Lipinski definition) is 5. The van der Waals surface area contributed by atoms with Crippen LogP contribution in [0.2, 0.25) is 4.34 Å². The summed E-state index contributed by atoms with van der Waals surface area (Å²) in [6.07, 6.45) is 0.450. The summed E-state index contributed by atoms with van der Waals surface area (Å²) >= 11 is 7.38. The molecule has 0 atom stereocenters. The molecule has 0 aliphatic carbocycles. The SMILES string of the molecule is CCc1c(C)nc(-c2ccc(Cl)s2)nc1Nc1ccc(CC(=O)O)cc1F. The van der Waals surface area contributed by atoms with Gasteiger partial charge in [0, 0.05) is 11.3 Å². The van der Waals surface area contributed by atoms with Crippen LogP contribution in [-0.2, 0) is 17.6 Å². The number of carboxylic acid groups (broad SMARTS) is 1. The van der Waals surface area contributed by atoms with Gasteiger partial charge in [0.25, 0.3) is 0 Å². The molecule has 0 radical (unpaired) electrons. The number of anilines is 2. The number of nitrogens with one attached hydrogen (secondary N) is 1. The average Bonchev–Trinajstić information content (AvgIpc) is 3.03. The van der Waals surface area contributed by atoms with E-state index in [2.05, 4.69) is 15.3 Å². The topological polar surface area (TPSA) is 75.1 Å². The lowest BCUT2D eigenvalue weighted by Crippen LogP contribution is -2.06. The molecule has 0 bridgehead atoms. The highest BCUT2D eigenvalue weighted by molar-refractivity contribution is 7.19. The van der Waals surface area contributed by atoms with Gasteiger partial charge in [-0.05, 0) is 43.2 Å². The van der Waals surface area contributed by atoms with Crippen LogP contribution in [0.4, 0.5) is 15.9 Å². The molecule has 2 heterocycles. The van der Waals surface area contributed by atoms with Crippen molar-refractivity contribution < 1.29 is 14.3 Å². The summed E-state index contributed by atoms with van der Waals surface area (Å²) in [5, 5.41) is 11.9. The van der Waals surface area contributed by atoms with E-state index in [0.29, 0.717) is 28.0 Å². The molecule has 0 amide bonds. The first-order chi connectivity index (χ1) is 12.9. The van der Waals surface area contributed by atoms with Crippen molar-refractivity contribution >= 4 is 40.4 Å². The molecule has 0 fully saturated rings. The van der Waals surface area contributed by atoms with E-state index in [4.69, 9.17) is 16.7 Å². The maximum Gasteiger partial charge on any atom is 0.307 e. The number of halogens is 2. The van der Waals surface area contributed by atoms with Crippen molar-refractivity contribution in [1.29, 1.82) is 0 Å². The van der Waals surface area contributed by atoms with E-state index < -0.39 is 11.8 Å². The molecular formula is C19H17ClFN3O2S. The largest absolute Gasteiger partial charge is 0.481 e. The molecule has 5 nitrogen and oxygen atoms in total. The lowest BCUT2D eigenvalue weighted by Gasteiger charge is -2.14. The number of carbonyl (C=O) groups is 1. The number of aryl methyl sites for hydroxylation is 1. The maximum atomic E-state index is 14.4. The minimum absolute atomic E-state index is 0.229. The number of nitrogens with zero attached hydrogens (tertiary/aromatic N) is 2. The molecule has 0 unspecified atom stereocenters. The lowest BCUT2D eigenvalue weighted by molar-refractivity contribution is -0.136. The van der Waals surface area contributed by atoms with E-state index in [1.807, 2.05) is 19.9 Å². The molecule has 0 aliphatic heterocycles. The monoisotopic (exact) mass is 405 g/mol. The van der Waals surface area contributed by atoms with Gasteiger partial charge in [-0.1, -0.05) is 24.6 Å². The van der Waals surface area contributed by atoms with Gasteiger partial charge in [-0.2, -0.15) is 0 Å². The Bertz CT molecular complexity index is 1010. The van der Waals surface area contributed by atoms with E-state index >= 15 is 0 Å². The predicted molar refractivity (Wildman–Crippen MR) is 105 cm³/mol. The van der Waals surface area contributed by atoms with Crippen LogP contribution in [-0.4, -0.2) is 21.0 Å². The minimum Gasteiger partial charge on any atom is -0.481 e. The molecule has 0 aliphatic rings. The van der Waals surface area contributed by atoms with Crippen LogP contribution in [0.15, 0.2) is 30.3 Å². The molecule has 0 saturated carbocycles. The van der Waals surface area contributed by atoms with Crippen molar-refractivity contribution in [3.63, 3.8) is 0 Å². The maximum absolute atomic E-state index is 14.4. The summed E-state index contributed by atoms with van der Waals surface area (Å²) in [6.45, 7) is 3.86. The van der Waals surface area contributed by atoms with Crippen LogP contribution in [0.5, 0.6) is 0 Å². The highest BCUT2D eigenvalue weighted by Gasteiger charge is 2.15. The average molecular weight is 406 g/mol. The van der Waals surface area contributed by atoms with Gasteiger partial charge in [-0.15, -0.1) is 11.3 Å². The minimum atomic E-state index is -1.01. The van der Waals surface area contributed by atoms with Gasteiger partial charge in [-0.25, -0.2) is 14.4 Å². The van der Waals surface area contributed by atoms with Gasteiger partial charge >= 0.3 is 5.97 Å². The molecule has 140 valence electrons. The summed E-state index contributed by atoms with van der Waals surface area (Å²) < 4.78 is 15.1. The summed E-state index contributed by atoms with van der Waals surface area (Å²) in [5.74, 6) is -0.497. The van der Waals surface area contributed by atoms with Gasteiger partial charge in [0.1, 0.15) is 11.6 Å². The zero-order valence-electron chi connectivity index (χ0n) is 14.7. The first kappa shape index (κ1) is 19.3. The van der Waals surface area contributed by atoms with Gasteiger partial charge in [0.15, 0.2) is 5.82 Å². The van der Waals surface area contributed by atoms with E-state index in [1.54, 1.807) is 12.1 Å². The normalized spacial score (nSPS) is 10.8. The second-order valence-corrected chi connectivity index (χ2v) is 7.64. The molecular weight excluding hydrogens is 389 g/mol. The molecule has 8 heteroatoms. The Hall–Kier alpha value is -2.51. The molecule has 3 aromatic rings. The van der Waals surface area contributed by atoms with E-state index in [9.17, 15) is 9.18 Å². The highest BCUT2D eigenvalue weighted by atomic mass is 35.5. The van der Waals surface area contributed by atoms with Crippen molar-refractivity contribution in [3.05, 3.63) is 57.3 Å². The van der Waals surface area contributed by atoms with Crippen molar-refractivity contribution in [2.45, 2.75) is 26.7 Å². The van der Waals surface area contributed by atoms with Crippen LogP contribution < -0.4 is 5.32 Å². The number of aliphatic carboxylic acids is 1. The van der Waals surface area contributed by atoms with E-state index in [1.165, 1.54) is 23.5 Å². The molecule has 27 heavy (non-hydrogen) atoms. The quantitative estimate of drug-likeness (QED) is 0.586. The van der Waals surface area contributed by atoms with Crippen molar-refractivity contribution in [1.82, 2.24) is 9.97 Å². The standard InChI is InChI=1S/C19H17ClFN3O2S/c1-3-12-10(2)22-19(15-6-7-16(20)27-15)24-18(12)23-14-5-4-11(8-13(14)21)9-17(25)26/h4-8H,3,9H2,1-2H3,(H,25,26)(H,22,23,24). The third-order valence-corrected chi connectivity index (χ3v) is 5.23. The third-order valence-electron chi connectivity index (χ3n) is 4.00. The third kappa shape index (κ3) is 4.43. The molecule has 3 rings (SSSR count). The fourth-order valence-electron chi connectivity index (χ4n) is 2.74. The molecule has 2 aromatic heterocycles. The molecule has 1 aromatic carbocycles. The summed E-state index contributed by atoms with van der Waals surface area (Å²) in [7, 11) is 0. The summed E-state index contributed by atoms with van der Waals surface area (Å²) in [6, 6.07) is 7.95. The number of rotatable bonds is 6. The number of aromatic nitrogens is 2. The van der Waals surface area contributed by atoms with Crippen LogP contribution in [0, 0.1) is 12.7 Å². The lowest BCUT2D eigenvalue weighted by atomic mass is 10.1. The Morgan fingerprint density at radius 2 is 2.07 bits per heavy atom. The zero-order valence-corrected chi connectivity index (χ0v) is 16.3. The number of carboxylic acids is 1. The first-order valence-corrected chi connectivity index (χ1v) is 9.47. The molecule has 0 saturated heterocycles. The van der Waals surface area contributed by atoms with E-state index in [-0.39, 0.29) is 12.1 Å². The second-order valence-electron chi connectivity index (χ2n) is 5.93. The van der Waals surface area contributed by atoms with Gasteiger partial charge in [-0.3, -0.25) is 4.79 Å². The second kappa shape index (κ2) is 8.02. The van der Waals surface area contributed by atoms with Crippen LogP contribution >= 0.6 is 22.9 Å².